The van der Waals surface area contributed by atoms with Gasteiger partial charge in [-0.3, -0.25) is 19.2 Å². The maximum atomic E-state index is 14.4. The van der Waals surface area contributed by atoms with Crippen molar-refractivity contribution in [3.8, 4) is 0 Å². The minimum atomic E-state index is -3.86. The summed E-state index contributed by atoms with van der Waals surface area (Å²) < 4.78 is 128. The lowest BCUT2D eigenvalue weighted by atomic mass is 9.80. The van der Waals surface area contributed by atoms with E-state index in [0.29, 0.717) is 12.8 Å². The van der Waals surface area contributed by atoms with Gasteiger partial charge in [-0.1, -0.05) is 53.7 Å². The van der Waals surface area contributed by atoms with Crippen LogP contribution in [0.25, 0.3) is 0 Å². The van der Waals surface area contributed by atoms with Gasteiger partial charge in [0.2, 0.25) is 17.6 Å². The molecule has 0 radical (unpaired) electrons. The summed E-state index contributed by atoms with van der Waals surface area (Å²) in [5.41, 5.74) is -2.08. The van der Waals surface area contributed by atoms with Gasteiger partial charge in [0, 0.05) is 32.6 Å². The van der Waals surface area contributed by atoms with Crippen molar-refractivity contribution in [3.05, 3.63) is 0 Å². The Bertz CT molecular complexity index is 1460. The van der Waals surface area contributed by atoms with Crippen LogP contribution in [0.15, 0.2) is 0 Å². The molecule has 0 aromatic heterocycles. The summed E-state index contributed by atoms with van der Waals surface area (Å²) in [5.74, 6) is -8.94. The first-order valence-electron chi connectivity index (χ1n) is 20.5. The first kappa shape index (κ1) is 14.7. The fourth-order valence-corrected chi connectivity index (χ4v) is 5.20. The van der Waals surface area contributed by atoms with Crippen molar-refractivity contribution in [2.45, 2.75) is 111 Å². The second kappa shape index (κ2) is 10.5. The van der Waals surface area contributed by atoms with Crippen LogP contribution in [0, 0.1) is 28.6 Å². The number of amides is 5. The molecule has 5 amide bonds. The molecule has 3 aliphatic rings. The number of primary amides is 1. The van der Waals surface area contributed by atoms with Crippen LogP contribution in [-0.4, -0.2) is 64.6 Å². The van der Waals surface area contributed by atoms with Crippen LogP contribution in [-0.2, 0) is 19.2 Å². The zero-order valence-electron chi connectivity index (χ0n) is 37.7. The van der Waals surface area contributed by atoms with Crippen LogP contribution in [0.2, 0.25) is 0 Å². The average Bonchev–Trinajstić information content (AvgIpc) is 3.44. The molecular formula is C28H47N5O5. The molecule has 2 saturated carbocycles. The zero-order valence-corrected chi connectivity index (χ0v) is 21.7. The highest BCUT2D eigenvalue weighted by atomic mass is 16.2. The number of nitrogens with zero attached hydrogens (tertiary/aromatic N) is 1. The number of fused-ring (bicyclic) bond motifs is 1. The van der Waals surface area contributed by atoms with Gasteiger partial charge in [0.15, 0.2) is 0 Å². The Balaban J connectivity index is 2.13. The number of rotatable bonds is 9. The van der Waals surface area contributed by atoms with Gasteiger partial charge < -0.3 is 26.6 Å². The van der Waals surface area contributed by atoms with Crippen molar-refractivity contribution in [2.24, 2.45) is 34.3 Å². The molecule has 0 aromatic rings. The van der Waals surface area contributed by atoms with E-state index < -0.39 is 117 Å². The molecule has 214 valence electrons. The Hall–Kier alpha value is -2.65. The number of piperidine rings is 1. The van der Waals surface area contributed by atoms with Crippen molar-refractivity contribution >= 4 is 29.5 Å². The van der Waals surface area contributed by atoms with Crippen LogP contribution >= 0.6 is 0 Å². The first-order chi connectivity index (χ1) is 23.9. The summed E-state index contributed by atoms with van der Waals surface area (Å²) in [6, 6.07) is -8.24. The smallest absolute Gasteiger partial charge is 0.315 e. The van der Waals surface area contributed by atoms with Crippen LogP contribution in [0.3, 0.4) is 0 Å². The standard InChI is InChI=1S/C28H47N5O5/c1-26(2,3)13-18(31-25(38)32-27(4,5)6)24(37)33-14-16-19(28(16,7)8)20(33)23(36)30-17(21(34)22(29)35)12-15-10-9-11-15/h15-20H,9-14H2,1-8H3,(H2,29,35)(H,30,36)(H2,31,32,38)/t16-,17?,18-,19-,20-/m0/s1/i4D3,5D3,6D3,7D3,8D3,17D. The van der Waals surface area contributed by atoms with Gasteiger partial charge in [0.05, 0.1) is 7.39 Å². The number of likely N-dealkylation sites (tertiary alicyclic amines) is 1. The normalized spacial score (nSPS) is 34.6. The van der Waals surface area contributed by atoms with Gasteiger partial charge in [0.25, 0.3) is 5.91 Å². The van der Waals surface area contributed by atoms with Gasteiger partial charge in [-0.25, -0.2) is 4.79 Å². The summed E-state index contributed by atoms with van der Waals surface area (Å²) in [5, 5.41) is 5.81. The van der Waals surface area contributed by atoms with E-state index in [1.54, 1.807) is 26.1 Å². The number of ketones is 1. The maximum Gasteiger partial charge on any atom is 0.315 e. The number of nitrogens with two attached hydrogens (primary N) is 1. The largest absolute Gasteiger partial charge is 0.363 e. The Morgan fingerprint density at radius 2 is 1.76 bits per heavy atom. The maximum absolute atomic E-state index is 14.4. The minimum absolute atomic E-state index is 0.296. The molecular weight excluding hydrogens is 486 g/mol. The third-order valence-corrected chi connectivity index (χ3v) is 7.27. The second-order valence-corrected chi connectivity index (χ2v) is 11.8. The predicted molar refractivity (Wildman–Crippen MR) is 144 cm³/mol. The average molecular weight is 550 g/mol. The molecule has 5 atom stereocenters. The van der Waals surface area contributed by atoms with Gasteiger partial charge >= 0.3 is 6.03 Å². The predicted octanol–water partition coefficient (Wildman–Crippen LogP) is 2.10. The van der Waals surface area contributed by atoms with Crippen LogP contribution in [0.5, 0.6) is 0 Å². The van der Waals surface area contributed by atoms with E-state index in [2.05, 4.69) is 10.6 Å². The Morgan fingerprint density at radius 1 is 1.11 bits per heavy atom. The Morgan fingerprint density at radius 3 is 2.26 bits per heavy atom. The molecule has 0 bridgehead atoms. The van der Waals surface area contributed by atoms with E-state index in [4.69, 9.17) is 27.7 Å². The SMILES string of the molecule is [2H]C(CC1CCC1)(NC(=O)[C@@H]1[C@@H]2[C@H](CN1C(=O)[C@H](CC(C)(C)C)NC(=O)NC(C([2H])([2H])[2H])(C([2H])([2H])[2H])C([2H])([2H])[2H])C2(C([2H])([2H])[2H])C([2H])([2H])[2H])C(=O)C(N)=O. The Kier molecular flexibility index (Phi) is 4.05. The zero-order chi connectivity index (χ0) is 42.2. The molecule has 2 aliphatic carbocycles. The molecule has 5 N–H and O–H groups in total. The molecule has 3 fully saturated rings. The minimum Gasteiger partial charge on any atom is -0.363 e. The lowest BCUT2D eigenvalue weighted by Crippen LogP contribution is -2.60. The number of Topliss-reactive ketones (excluding diaryl/α,β-unsaturated/α-hetero) is 1. The molecule has 1 unspecified atom stereocenters. The van der Waals surface area contributed by atoms with E-state index in [0.717, 1.165) is 11.3 Å². The summed E-state index contributed by atoms with van der Waals surface area (Å²) in [6.45, 7) is -14.0. The number of urea groups is 1. The monoisotopic (exact) mass is 549 g/mol. The summed E-state index contributed by atoms with van der Waals surface area (Å²) >= 11 is 0. The summed E-state index contributed by atoms with van der Waals surface area (Å²) in [6.07, 6.45) is 1.09. The number of carbonyl (C=O) groups excluding carboxylic acids is 5. The van der Waals surface area contributed by atoms with Crippen LogP contribution < -0.4 is 21.7 Å². The fraction of sp³-hybridized carbons (Fsp3) is 0.821. The third-order valence-electron chi connectivity index (χ3n) is 7.27. The highest BCUT2D eigenvalue weighted by Crippen LogP contribution is 2.65. The molecule has 10 heteroatoms. The van der Waals surface area contributed by atoms with E-state index in [1.165, 1.54) is 0 Å². The summed E-state index contributed by atoms with van der Waals surface area (Å²) in [4.78, 5) is 67.8. The first-order valence-corrected chi connectivity index (χ1v) is 12.5. The Labute approximate surface area is 249 Å². The molecule has 3 rings (SSSR count). The third kappa shape index (κ3) is 6.86. The molecule has 38 heavy (non-hydrogen) atoms. The van der Waals surface area contributed by atoms with Crippen LogP contribution in [0.1, 0.15) is 109 Å². The van der Waals surface area contributed by atoms with Crippen molar-refractivity contribution in [3.63, 3.8) is 0 Å². The summed E-state index contributed by atoms with van der Waals surface area (Å²) in [7, 11) is 0. The molecule has 1 saturated heterocycles. The molecule has 1 aliphatic heterocycles. The van der Waals surface area contributed by atoms with Gasteiger partial charge in [-0.2, -0.15) is 0 Å². The van der Waals surface area contributed by atoms with E-state index in [-0.39, 0.29) is 18.8 Å². The van der Waals surface area contributed by atoms with Gasteiger partial charge in [-0.05, 0) is 62.0 Å². The highest BCUT2D eigenvalue weighted by molar-refractivity contribution is 6.37. The van der Waals surface area contributed by atoms with E-state index in [1.807, 2.05) is 0 Å². The van der Waals surface area contributed by atoms with E-state index >= 15 is 0 Å². The quantitative estimate of drug-likeness (QED) is 0.325. The molecule has 0 spiro atoms. The second-order valence-electron chi connectivity index (χ2n) is 11.8. The fourth-order valence-electron chi connectivity index (χ4n) is 5.20. The molecule has 10 nitrogen and oxygen atoms in total. The van der Waals surface area contributed by atoms with E-state index in [9.17, 15) is 24.0 Å². The number of carbonyl (C=O) groups is 5. The number of hydrogen-bond donors (Lipinski definition) is 4. The lowest BCUT2D eigenvalue weighted by Gasteiger charge is -2.36. The van der Waals surface area contributed by atoms with Crippen molar-refractivity contribution in [2.75, 3.05) is 6.54 Å². The number of hydrogen-bond acceptors (Lipinski definition) is 5. The van der Waals surface area contributed by atoms with Gasteiger partial charge in [-0.15, -0.1) is 0 Å². The van der Waals surface area contributed by atoms with Gasteiger partial charge in [0.1, 0.15) is 12.1 Å². The highest BCUT2D eigenvalue weighted by Gasteiger charge is 2.69. The molecule has 1 heterocycles. The van der Waals surface area contributed by atoms with Crippen molar-refractivity contribution in [1.82, 2.24) is 20.9 Å². The van der Waals surface area contributed by atoms with Crippen molar-refractivity contribution in [1.29, 1.82) is 0 Å². The van der Waals surface area contributed by atoms with Crippen molar-refractivity contribution < 1.29 is 45.9 Å². The topological polar surface area (TPSA) is 151 Å². The molecule has 0 aromatic carbocycles. The lowest BCUT2D eigenvalue weighted by molar-refractivity contribution is -0.144. The van der Waals surface area contributed by atoms with Crippen LogP contribution in [0.4, 0.5) is 4.79 Å². The number of nitrogens with one attached hydrogen (secondary N) is 3.